The van der Waals surface area contributed by atoms with E-state index < -0.39 is 15.4 Å². The van der Waals surface area contributed by atoms with E-state index in [9.17, 15) is 13.2 Å². The molecule has 0 radical (unpaired) electrons. The Morgan fingerprint density at radius 1 is 1.40 bits per heavy atom. The molecule has 2 fully saturated rings. The van der Waals surface area contributed by atoms with E-state index in [2.05, 4.69) is 10.6 Å². The first-order chi connectivity index (χ1) is 9.39. The Labute approximate surface area is 120 Å². The van der Waals surface area contributed by atoms with Crippen LogP contribution in [0.5, 0.6) is 0 Å². The van der Waals surface area contributed by atoms with Gasteiger partial charge < -0.3 is 15.4 Å². The first-order valence-electron chi connectivity index (χ1n) is 7.22. The molecule has 0 spiro atoms. The minimum Gasteiger partial charge on any atom is -0.378 e. The lowest BCUT2D eigenvalue weighted by Gasteiger charge is -2.25. The minimum absolute atomic E-state index is 0.0426. The van der Waals surface area contributed by atoms with E-state index in [-0.39, 0.29) is 23.5 Å². The van der Waals surface area contributed by atoms with Crippen molar-refractivity contribution in [2.24, 2.45) is 0 Å². The smallest absolute Gasteiger partial charge is 0.222 e. The van der Waals surface area contributed by atoms with Gasteiger partial charge in [0, 0.05) is 6.42 Å². The van der Waals surface area contributed by atoms with Crippen molar-refractivity contribution in [2.75, 3.05) is 31.2 Å². The van der Waals surface area contributed by atoms with E-state index in [4.69, 9.17) is 4.74 Å². The average molecular weight is 304 g/mol. The maximum absolute atomic E-state index is 11.9. The standard InChI is InChI=1S/C13H24N2O4S/c1-13(5-9-20(17,18)10-13)15-12(16)4-8-19-11-2-6-14-7-3-11/h11,14H,2-10H2,1H3,(H,15,16). The quantitative estimate of drug-likeness (QED) is 0.737. The number of carbonyl (C=O) groups excluding carboxylic acids is 1. The zero-order chi connectivity index (χ0) is 14.6. The van der Waals surface area contributed by atoms with Crippen molar-refractivity contribution in [1.82, 2.24) is 10.6 Å². The van der Waals surface area contributed by atoms with E-state index in [0.717, 1.165) is 25.9 Å². The van der Waals surface area contributed by atoms with Crippen LogP contribution in [0.25, 0.3) is 0 Å². The third kappa shape index (κ3) is 4.71. The fourth-order valence-electron chi connectivity index (χ4n) is 2.79. The number of piperidine rings is 1. The summed E-state index contributed by atoms with van der Waals surface area (Å²) < 4.78 is 28.6. The van der Waals surface area contributed by atoms with Gasteiger partial charge in [-0.3, -0.25) is 4.79 Å². The predicted octanol–water partition coefficient (Wildman–Crippen LogP) is -0.161. The first-order valence-corrected chi connectivity index (χ1v) is 9.04. The number of ether oxygens (including phenoxy) is 1. The molecule has 20 heavy (non-hydrogen) atoms. The topological polar surface area (TPSA) is 84.5 Å². The summed E-state index contributed by atoms with van der Waals surface area (Å²) in [5.74, 6) is 0.0783. The molecule has 2 heterocycles. The van der Waals surface area contributed by atoms with Crippen LogP contribution >= 0.6 is 0 Å². The van der Waals surface area contributed by atoms with Crippen LogP contribution < -0.4 is 10.6 Å². The second-order valence-corrected chi connectivity index (χ2v) is 8.21. The summed E-state index contributed by atoms with van der Waals surface area (Å²) in [6, 6.07) is 0. The van der Waals surface area contributed by atoms with Crippen LogP contribution in [-0.2, 0) is 19.4 Å². The molecule has 6 nitrogen and oxygen atoms in total. The summed E-state index contributed by atoms with van der Waals surface area (Å²) in [6.07, 6.45) is 3.00. The van der Waals surface area contributed by atoms with Crippen molar-refractivity contribution >= 4 is 15.7 Å². The molecular formula is C13H24N2O4S. The van der Waals surface area contributed by atoms with Crippen molar-refractivity contribution in [2.45, 2.75) is 44.2 Å². The van der Waals surface area contributed by atoms with Crippen molar-refractivity contribution in [3.05, 3.63) is 0 Å². The third-order valence-corrected chi connectivity index (χ3v) is 5.82. The van der Waals surface area contributed by atoms with Crippen LogP contribution in [0, 0.1) is 0 Å². The highest BCUT2D eigenvalue weighted by atomic mass is 32.2. The summed E-state index contributed by atoms with van der Waals surface area (Å²) in [4.78, 5) is 11.9. The van der Waals surface area contributed by atoms with Gasteiger partial charge in [0.1, 0.15) is 0 Å². The highest BCUT2D eigenvalue weighted by Gasteiger charge is 2.39. The van der Waals surface area contributed by atoms with E-state index in [0.29, 0.717) is 19.4 Å². The molecule has 0 aromatic heterocycles. The molecule has 2 rings (SSSR count). The summed E-state index contributed by atoms with van der Waals surface area (Å²) >= 11 is 0. The van der Waals surface area contributed by atoms with Crippen LogP contribution in [0.2, 0.25) is 0 Å². The summed E-state index contributed by atoms with van der Waals surface area (Å²) in [7, 11) is -2.99. The number of sulfone groups is 1. The summed E-state index contributed by atoms with van der Waals surface area (Å²) in [5, 5.41) is 6.10. The Bertz CT molecular complexity index is 445. The average Bonchev–Trinajstić information content (AvgIpc) is 2.64. The Morgan fingerprint density at radius 2 is 2.10 bits per heavy atom. The maximum Gasteiger partial charge on any atom is 0.222 e. The summed E-state index contributed by atoms with van der Waals surface area (Å²) in [6.45, 7) is 4.13. The van der Waals surface area contributed by atoms with Crippen LogP contribution in [-0.4, -0.2) is 57.2 Å². The number of nitrogens with one attached hydrogen (secondary N) is 2. The number of rotatable bonds is 5. The predicted molar refractivity (Wildman–Crippen MR) is 76.3 cm³/mol. The molecule has 2 saturated heterocycles. The highest BCUT2D eigenvalue weighted by molar-refractivity contribution is 7.91. The number of hydrogen-bond acceptors (Lipinski definition) is 5. The van der Waals surface area contributed by atoms with Crippen molar-refractivity contribution < 1.29 is 17.9 Å². The van der Waals surface area contributed by atoms with Gasteiger partial charge in [0.25, 0.3) is 0 Å². The lowest BCUT2D eigenvalue weighted by Crippen LogP contribution is -2.47. The third-order valence-electron chi connectivity index (χ3n) is 3.91. The minimum atomic E-state index is -2.99. The van der Waals surface area contributed by atoms with Gasteiger partial charge >= 0.3 is 0 Å². The Hall–Kier alpha value is -0.660. The second-order valence-electron chi connectivity index (χ2n) is 6.02. The largest absolute Gasteiger partial charge is 0.378 e. The number of amides is 1. The molecule has 0 aromatic carbocycles. The first kappa shape index (κ1) is 15.7. The monoisotopic (exact) mass is 304 g/mol. The van der Waals surface area contributed by atoms with Gasteiger partial charge in [-0.25, -0.2) is 8.42 Å². The molecule has 0 bridgehead atoms. The van der Waals surface area contributed by atoms with Gasteiger partial charge in [0.15, 0.2) is 9.84 Å². The lowest BCUT2D eigenvalue weighted by molar-refractivity contribution is -0.124. The molecule has 0 saturated carbocycles. The molecule has 7 heteroatoms. The summed E-state index contributed by atoms with van der Waals surface area (Å²) in [5.41, 5.74) is -0.606. The second kappa shape index (κ2) is 6.41. The fraction of sp³-hybridized carbons (Fsp3) is 0.923. The van der Waals surface area contributed by atoms with Crippen molar-refractivity contribution in [3.8, 4) is 0 Å². The van der Waals surface area contributed by atoms with Crippen LogP contribution in [0.4, 0.5) is 0 Å². The fourth-order valence-corrected chi connectivity index (χ4v) is 4.88. The van der Waals surface area contributed by atoms with E-state index in [1.54, 1.807) is 6.92 Å². The van der Waals surface area contributed by atoms with Crippen LogP contribution in [0.15, 0.2) is 0 Å². The SMILES string of the molecule is CC1(NC(=O)CCOC2CCNCC2)CCS(=O)(=O)C1. The molecule has 1 atom stereocenters. The molecule has 1 amide bonds. The van der Waals surface area contributed by atoms with Gasteiger partial charge in [0.05, 0.1) is 29.8 Å². The van der Waals surface area contributed by atoms with Crippen LogP contribution in [0.1, 0.15) is 32.6 Å². The molecule has 0 aliphatic carbocycles. The molecular weight excluding hydrogens is 280 g/mol. The van der Waals surface area contributed by atoms with E-state index >= 15 is 0 Å². The zero-order valence-electron chi connectivity index (χ0n) is 12.0. The molecule has 0 aromatic rings. The van der Waals surface area contributed by atoms with Gasteiger partial charge in [-0.2, -0.15) is 0 Å². The molecule has 116 valence electrons. The Kier molecular flexibility index (Phi) is 5.04. The van der Waals surface area contributed by atoms with E-state index in [1.807, 2.05) is 0 Å². The number of hydrogen-bond donors (Lipinski definition) is 2. The van der Waals surface area contributed by atoms with E-state index in [1.165, 1.54) is 0 Å². The lowest BCUT2D eigenvalue weighted by atomic mass is 10.0. The molecule has 1 unspecified atom stereocenters. The van der Waals surface area contributed by atoms with Crippen molar-refractivity contribution in [3.63, 3.8) is 0 Å². The van der Waals surface area contributed by atoms with Gasteiger partial charge in [-0.1, -0.05) is 0 Å². The van der Waals surface area contributed by atoms with Gasteiger partial charge in [-0.15, -0.1) is 0 Å². The van der Waals surface area contributed by atoms with Crippen molar-refractivity contribution in [1.29, 1.82) is 0 Å². The molecule has 2 aliphatic rings. The normalized spacial score (nSPS) is 30.2. The number of carbonyl (C=O) groups is 1. The molecule has 2 aliphatic heterocycles. The van der Waals surface area contributed by atoms with Crippen LogP contribution in [0.3, 0.4) is 0 Å². The highest BCUT2D eigenvalue weighted by Crippen LogP contribution is 2.22. The molecule has 2 N–H and O–H groups in total. The van der Waals surface area contributed by atoms with Gasteiger partial charge in [0.2, 0.25) is 5.91 Å². The Morgan fingerprint density at radius 3 is 2.70 bits per heavy atom. The van der Waals surface area contributed by atoms with Gasteiger partial charge in [-0.05, 0) is 39.3 Å². The zero-order valence-corrected chi connectivity index (χ0v) is 12.8. The maximum atomic E-state index is 11.9. The Balaban J connectivity index is 1.67.